The normalized spacial score (nSPS) is 24.4. The molecule has 2 atom stereocenters. The summed E-state index contributed by atoms with van der Waals surface area (Å²) in [6, 6.07) is 9.84. The van der Waals surface area contributed by atoms with E-state index in [2.05, 4.69) is 57.3 Å². The van der Waals surface area contributed by atoms with Crippen LogP contribution in [0.3, 0.4) is 0 Å². The second-order valence-corrected chi connectivity index (χ2v) is 7.30. The molecule has 0 spiro atoms. The summed E-state index contributed by atoms with van der Waals surface area (Å²) in [6.07, 6.45) is 5.50. The van der Waals surface area contributed by atoms with Crippen LogP contribution in [0, 0.1) is 5.92 Å². The van der Waals surface area contributed by atoms with Gasteiger partial charge in [0.15, 0.2) is 0 Å². The summed E-state index contributed by atoms with van der Waals surface area (Å²) in [6.45, 7) is 10.2. The van der Waals surface area contributed by atoms with Gasteiger partial charge in [0.2, 0.25) is 0 Å². The van der Waals surface area contributed by atoms with Gasteiger partial charge in [-0.2, -0.15) is 0 Å². The molecule has 0 heterocycles. The van der Waals surface area contributed by atoms with E-state index in [1.807, 2.05) is 0 Å². The van der Waals surface area contributed by atoms with Gasteiger partial charge in [0.05, 0.1) is 0 Å². The highest BCUT2D eigenvalue weighted by Gasteiger charge is 2.18. The molecule has 2 rings (SSSR count). The topological polar surface area (TPSA) is 12.0 Å². The molecule has 1 aromatic carbocycles. The Balaban J connectivity index is 1.86. The third-order valence-corrected chi connectivity index (χ3v) is 4.35. The smallest absolute Gasteiger partial charge is 0.0208 e. The van der Waals surface area contributed by atoms with Gasteiger partial charge in [0.25, 0.3) is 0 Å². The average Bonchev–Trinajstić information content (AvgIpc) is 2.36. The van der Waals surface area contributed by atoms with Crippen molar-refractivity contribution in [2.24, 2.45) is 5.92 Å². The molecule has 106 valence electrons. The highest BCUT2D eigenvalue weighted by molar-refractivity contribution is 5.27. The molecule has 1 aliphatic carbocycles. The molecular formula is C18H29N. The number of hydrogen-bond donors (Lipinski definition) is 1. The van der Waals surface area contributed by atoms with Crippen LogP contribution in [0.15, 0.2) is 24.3 Å². The molecule has 19 heavy (non-hydrogen) atoms. The maximum atomic E-state index is 3.73. The third kappa shape index (κ3) is 4.35. The van der Waals surface area contributed by atoms with Crippen molar-refractivity contribution in [1.29, 1.82) is 0 Å². The Bertz CT molecular complexity index is 385. The van der Waals surface area contributed by atoms with Crippen LogP contribution >= 0.6 is 0 Å². The second-order valence-electron chi connectivity index (χ2n) is 7.30. The molecule has 0 amide bonds. The van der Waals surface area contributed by atoms with E-state index in [0.717, 1.165) is 18.5 Å². The first-order valence-electron chi connectivity index (χ1n) is 7.78. The number of hydrogen-bond acceptors (Lipinski definition) is 1. The molecule has 0 bridgehead atoms. The van der Waals surface area contributed by atoms with Crippen molar-refractivity contribution in [2.75, 3.05) is 0 Å². The highest BCUT2D eigenvalue weighted by Crippen LogP contribution is 2.24. The molecule has 1 aliphatic rings. The van der Waals surface area contributed by atoms with Gasteiger partial charge >= 0.3 is 0 Å². The fourth-order valence-electron chi connectivity index (χ4n) is 3.00. The average molecular weight is 259 g/mol. The van der Waals surface area contributed by atoms with Crippen molar-refractivity contribution in [3.05, 3.63) is 35.4 Å². The fourth-order valence-corrected chi connectivity index (χ4v) is 3.00. The zero-order valence-corrected chi connectivity index (χ0v) is 13.0. The van der Waals surface area contributed by atoms with E-state index in [9.17, 15) is 0 Å². The summed E-state index contributed by atoms with van der Waals surface area (Å²) in [4.78, 5) is 0. The van der Waals surface area contributed by atoms with Gasteiger partial charge in [-0.1, -0.05) is 64.8 Å². The Labute approximate surface area is 118 Å². The number of rotatable bonds is 3. The maximum Gasteiger partial charge on any atom is 0.0208 e. The molecule has 0 aromatic heterocycles. The van der Waals surface area contributed by atoms with Gasteiger partial charge in [-0.05, 0) is 35.3 Å². The van der Waals surface area contributed by atoms with E-state index in [-0.39, 0.29) is 5.41 Å². The number of benzene rings is 1. The van der Waals surface area contributed by atoms with Crippen molar-refractivity contribution in [3.8, 4) is 0 Å². The minimum atomic E-state index is 0.255. The van der Waals surface area contributed by atoms with Gasteiger partial charge in [0.1, 0.15) is 0 Å². The third-order valence-electron chi connectivity index (χ3n) is 4.35. The molecule has 0 radical (unpaired) electrons. The van der Waals surface area contributed by atoms with Crippen molar-refractivity contribution in [2.45, 2.75) is 71.4 Å². The lowest BCUT2D eigenvalue weighted by Crippen LogP contribution is -2.33. The predicted molar refractivity (Wildman–Crippen MR) is 83.4 cm³/mol. The summed E-state index contributed by atoms with van der Waals surface area (Å²) in [5, 5.41) is 3.73. The Kier molecular flexibility index (Phi) is 4.67. The molecule has 1 heteroatoms. The Morgan fingerprint density at radius 1 is 1.11 bits per heavy atom. The summed E-state index contributed by atoms with van der Waals surface area (Å²) in [7, 11) is 0. The van der Waals surface area contributed by atoms with Crippen LogP contribution < -0.4 is 5.32 Å². The second kappa shape index (κ2) is 6.09. The molecule has 0 aliphatic heterocycles. The minimum Gasteiger partial charge on any atom is -0.310 e. The lowest BCUT2D eigenvalue weighted by Gasteiger charge is -2.27. The van der Waals surface area contributed by atoms with Crippen molar-refractivity contribution in [3.63, 3.8) is 0 Å². The van der Waals surface area contributed by atoms with E-state index in [1.54, 1.807) is 0 Å². The van der Waals surface area contributed by atoms with Gasteiger partial charge in [0, 0.05) is 12.6 Å². The van der Waals surface area contributed by atoms with Crippen molar-refractivity contribution < 1.29 is 0 Å². The van der Waals surface area contributed by atoms with Crippen LogP contribution in [-0.2, 0) is 12.0 Å². The summed E-state index contributed by atoms with van der Waals surface area (Å²) < 4.78 is 0. The first kappa shape index (κ1) is 14.6. The minimum absolute atomic E-state index is 0.255. The summed E-state index contributed by atoms with van der Waals surface area (Å²) >= 11 is 0. The van der Waals surface area contributed by atoms with E-state index >= 15 is 0 Å². The van der Waals surface area contributed by atoms with Gasteiger partial charge in [-0.25, -0.2) is 0 Å². The van der Waals surface area contributed by atoms with Crippen LogP contribution in [0.4, 0.5) is 0 Å². The van der Waals surface area contributed by atoms with Crippen LogP contribution in [0.25, 0.3) is 0 Å². The molecule has 1 aromatic rings. The van der Waals surface area contributed by atoms with E-state index in [4.69, 9.17) is 0 Å². The lowest BCUT2D eigenvalue weighted by molar-refractivity contribution is 0.300. The van der Waals surface area contributed by atoms with Crippen LogP contribution in [0.1, 0.15) is 64.5 Å². The van der Waals surface area contributed by atoms with Crippen molar-refractivity contribution in [1.82, 2.24) is 5.32 Å². The van der Waals surface area contributed by atoms with Crippen LogP contribution in [-0.4, -0.2) is 6.04 Å². The summed E-state index contributed by atoms with van der Waals surface area (Å²) in [5.41, 5.74) is 3.08. The van der Waals surface area contributed by atoms with Gasteiger partial charge in [-0.15, -0.1) is 0 Å². The lowest BCUT2D eigenvalue weighted by atomic mass is 9.86. The van der Waals surface area contributed by atoms with Crippen LogP contribution in [0.2, 0.25) is 0 Å². The first-order valence-corrected chi connectivity index (χ1v) is 7.78. The summed E-state index contributed by atoms with van der Waals surface area (Å²) in [5.74, 6) is 0.898. The van der Waals surface area contributed by atoms with E-state index in [0.29, 0.717) is 0 Å². The fraction of sp³-hybridized carbons (Fsp3) is 0.667. The standard InChI is InChI=1S/C18H29N/c1-14-6-5-7-17(12-14)19-13-15-8-10-16(11-9-15)18(2,3)4/h8-11,14,17,19H,5-7,12-13H2,1-4H3. The molecule has 0 saturated heterocycles. The van der Waals surface area contributed by atoms with Crippen molar-refractivity contribution >= 4 is 0 Å². The Hall–Kier alpha value is -0.820. The Morgan fingerprint density at radius 2 is 1.79 bits per heavy atom. The zero-order valence-electron chi connectivity index (χ0n) is 13.0. The zero-order chi connectivity index (χ0) is 13.9. The van der Waals surface area contributed by atoms with Gasteiger partial charge in [-0.3, -0.25) is 0 Å². The highest BCUT2D eigenvalue weighted by atomic mass is 14.9. The largest absolute Gasteiger partial charge is 0.310 e. The van der Waals surface area contributed by atoms with Crippen LogP contribution in [0.5, 0.6) is 0 Å². The molecule has 2 unspecified atom stereocenters. The quantitative estimate of drug-likeness (QED) is 0.833. The first-order chi connectivity index (χ1) is 8.95. The SMILES string of the molecule is CC1CCCC(NCc2ccc(C(C)(C)C)cc2)C1. The molecule has 1 nitrogen and oxygen atoms in total. The van der Waals surface area contributed by atoms with E-state index < -0.39 is 0 Å². The molecular weight excluding hydrogens is 230 g/mol. The molecule has 1 N–H and O–H groups in total. The molecule has 1 saturated carbocycles. The number of nitrogens with one attached hydrogen (secondary N) is 1. The van der Waals surface area contributed by atoms with Gasteiger partial charge < -0.3 is 5.32 Å². The maximum absolute atomic E-state index is 3.73. The molecule has 1 fully saturated rings. The van der Waals surface area contributed by atoms with E-state index in [1.165, 1.54) is 36.8 Å². The Morgan fingerprint density at radius 3 is 2.37 bits per heavy atom. The monoisotopic (exact) mass is 259 g/mol. The predicted octanol–water partition coefficient (Wildman–Crippen LogP) is 4.65.